The molecular weight excluding hydrogens is 338 g/mol. The minimum Gasteiger partial charge on any atom is -0.497 e. The first-order valence-corrected chi connectivity index (χ1v) is 9.24. The number of hydrogen-bond donors (Lipinski definition) is 1. The molecule has 0 bridgehead atoms. The molecule has 0 saturated heterocycles. The predicted molar refractivity (Wildman–Crippen MR) is 95.0 cm³/mol. The van der Waals surface area contributed by atoms with Gasteiger partial charge in [-0.3, -0.25) is 0 Å². The highest BCUT2D eigenvalue weighted by Crippen LogP contribution is 2.26. The van der Waals surface area contributed by atoms with Crippen molar-refractivity contribution in [3.8, 4) is 5.75 Å². The Bertz CT molecular complexity index is 915. The Hall–Kier alpha value is -2.57. The van der Waals surface area contributed by atoms with E-state index in [4.69, 9.17) is 9.15 Å². The number of nitrogens with one attached hydrogen (secondary N) is 1. The Labute approximate surface area is 147 Å². The number of furan rings is 1. The summed E-state index contributed by atoms with van der Waals surface area (Å²) in [6.45, 7) is 1.91. The molecule has 3 rings (SSSR count). The zero-order chi connectivity index (χ0) is 17.9. The number of methoxy groups -OCH3 is 1. The number of rotatable bonds is 6. The van der Waals surface area contributed by atoms with E-state index in [1.165, 1.54) is 6.26 Å². The van der Waals surface area contributed by atoms with Crippen molar-refractivity contribution in [3.63, 3.8) is 0 Å². The summed E-state index contributed by atoms with van der Waals surface area (Å²) in [6.07, 6.45) is 1.52. The lowest BCUT2D eigenvalue weighted by Crippen LogP contribution is -2.29. The lowest BCUT2D eigenvalue weighted by molar-refractivity contribution is 0.414. The van der Waals surface area contributed by atoms with Crippen LogP contribution >= 0.6 is 0 Å². The van der Waals surface area contributed by atoms with E-state index in [1.54, 1.807) is 55.6 Å². The summed E-state index contributed by atoms with van der Waals surface area (Å²) in [4.78, 5) is 0.211. The van der Waals surface area contributed by atoms with Gasteiger partial charge in [-0.05, 0) is 48.9 Å². The molecule has 2 aromatic carbocycles. The van der Waals surface area contributed by atoms with Crippen LogP contribution in [0.2, 0.25) is 0 Å². The average molecular weight is 357 g/mol. The molecule has 1 aromatic heterocycles. The molecule has 25 heavy (non-hydrogen) atoms. The Kier molecular flexibility index (Phi) is 4.92. The fourth-order valence-corrected chi connectivity index (χ4v) is 3.68. The van der Waals surface area contributed by atoms with Crippen LogP contribution in [0.4, 0.5) is 0 Å². The number of sulfonamides is 1. The first-order chi connectivity index (χ1) is 12.0. The van der Waals surface area contributed by atoms with Crippen LogP contribution in [-0.4, -0.2) is 15.5 Å². The molecule has 3 aromatic rings. The van der Waals surface area contributed by atoms with Crippen LogP contribution < -0.4 is 9.46 Å². The van der Waals surface area contributed by atoms with Crippen LogP contribution in [0.3, 0.4) is 0 Å². The van der Waals surface area contributed by atoms with Crippen molar-refractivity contribution in [2.24, 2.45) is 0 Å². The predicted octanol–water partition coefficient (Wildman–Crippen LogP) is 3.66. The van der Waals surface area contributed by atoms with Gasteiger partial charge in [0, 0.05) is 0 Å². The molecule has 0 fully saturated rings. The van der Waals surface area contributed by atoms with Gasteiger partial charge in [0.2, 0.25) is 10.0 Å². The molecule has 0 aliphatic heterocycles. The lowest BCUT2D eigenvalue weighted by Gasteiger charge is -2.18. The molecule has 1 N–H and O–H groups in total. The highest BCUT2D eigenvalue weighted by atomic mass is 32.2. The van der Waals surface area contributed by atoms with Gasteiger partial charge in [-0.15, -0.1) is 0 Å². The summed E-state index contributed by atoms with van der Waals surface area (Å²) < 4.78 is 38.9. The maximum atomic E-state index is 12.8. The number of benzene rings is 2. The largest absolute Gasteiger partial charge is 0.497 e. The van der Waals surface area contributed by atoms with Crippen molar-refractivity contribution < 1.29 is 17.6 Å². The first kappa shape index (κ1) is 17.3. The van der Waals surface area contributed by atoms with Crippen LogP contribution in [0.15, 0.2) is 76.2 Å². The molecule has 0 spiro atoms. The molecule has 0 radical (unpaired) electrons. The third kappa shape index (κ3) is 3.92. The summed E-state index contributed by atoms with van der Waals surface area (Å²) in [5.41, 5.74) is 1.75. The maximum Gasteiger partial charge on any atom is 0.241 e. The second-order valence-corrected chi connectivity index (χ2v) is 7.37. The molecule has 1 atom stereocenters. The fraction of sp³-hybridized carbons (Fsp3) is 0.158. The van der Waals surface area contributed by atoms with Crippen LogP contribution in [0, 0.1) is 6.92 Å². The van der Waals surface area contributed by atoms with Gasteiger partial charge in [0.1, 0.15) is 17.6 Å². The summed E-state index contributed by atoms with van der Waals surface area (Å²) in [7, 11) is -2.12. The van der Waals surface area contributed by atoms with Gasteiger partial charge >= 0.3 is 0 Å². The van der Waals surface area contributed by atoms with Crippen LogP contribution in [0.1, 0.15) is 22.9 Å². The molecule has 6 heteroatoms. The third-order valence-corrected chi connectivity index (χ3v) is 5.32. The Balaban J connectivity index is 1.96. The standard InChI is InChI=1S/C19H19NO4S/c1-14-5-11-17(12-6-14)25(21,22)20-19(18-4-3-13-24-18)15-7-9-16(23-2)10-8-15/h3-13,19-20H,1-2H3. The van der Waals surface area contributed by atoms with Gasteiger partial charge < -0.3 is 9.15 Å². The summed E-state index contributed by atoms with van der Waals surface area (Å²) in [5, 5.41) is 0. The van der Waals surface area contributed by atoms with Gasteiger partial charge in [0.15, 0.2) is 0 Å². The average Bonchev–Trinajstić information content (AvgIpc) is 3.15. The van der Waals surface area contributed by atoms with Crippen molar-refractivity contribution in [1.82, 2.24) is 4.72 Å². The van der Waals surface area contributed by atoms with E-state index < -0.39 is 16.1 Å². The summed E-state index contributed by atoms with van der Waals surface area (Å²) in [6, 6.07) is 16.7. The van der Waals surface area contributed by atoms with Crippen molar-refractivity contribution >= 4 is 10.0 Å². The van der Waals surface area contributed by atoms with Gasteiger partial charge in [-0.1, -0.05) is 29.8 Å². The second kappa shape index (κ2) is 7.13. The topological polar surface area (TPSA) is 68.5 Å². The lowest BCUT2D eigenvalue weighted by atomic mass is 10.1. The van der Waals surface area contributed by atoms with E-state index in [2.05, 4.69) is 4.72 Å². The van der Waals surface area contributed by atoms with E-state index in [9.17, 15) is 8.42 Å². The molecular formula is C19H19NO4S. The molecule has 0 saturated carbocycles. The number of hydrogen-bond acceptors (Lipinski definition) is 4. The Morgan fingerprint density at radius 3 is 2.24 bits per heavy atom. The fourth-order valence-electron chi connectivity index (χ4n) is 2.48. The SMILES string of the molecule is COc1ccc(C(NS(=O)(=O)c2ccc(C)cc2)c2ccco2)cc1. The Morgan fingerprint density at radius 1 is 1.00 bits per heavy atom. The zero-order valence-electron chi connectivity index (χ0n) is 14.0. The van der Waals surface area contributed by atoms with Crippen molar-refractivity contribution in [3.05, 3.63) is 83.8 Å². The van der Waals surface area contributed by atoms with Crippen LogP contribution in [-0.2, 0) is 10.0 Å². The monoisotopic (exact) mass is 357 g/mol. The normalized spacial score (nSPS) is 12.7. The van der Waals surface area contributed by atoms with Gasteiger partial charge in [0.05, 0.1) is 18.3 Å². The highest BCUT2D eigenvalue weighted by Gasteiger charge is 2.24. The molecule has 5 nitrogen and oxygen atoms in total. The van der Waals surface area contributed by atoms with Crippen molar-refractivity contribution in [1.29, 1.82) is 0 Å². The summed E-state index contributed by atoms with van der Waals surface area (Å²) >= 11 is 0. The van der Waals surface area contributed by atoms with Crippen LogP contribution in [0.25, 0.3) is 0 Å². The van der Waals surface area contributed by atoms with Gasteiger partial charge in [-0.25, -0.2) is 8.42 Å². The third-order valence-electron chi connectivity index (χ3n) is 3.88. The van der Waals surface area contributed by atoms with E-state index in [0.29, 0.717) is 11.5 Å². The van der Waals surface area contributed by atoms with Gasteiger partial charge in [0.25, 0.3) is 0 Å². The molecule has 130 valence electrons. The first-order valence-electron chi connectivity index (χ1n) is 7.76. The number of ether oxygens (including phenoxy) is 1. The second-order valence-electron chi connectivity index (χ2n) is 5.66. The smallest absolute Gasteiger partial charge is 0.241 e. The molecule has 1 heterocycles. The van der Waals surface area contributed by atoms with Crippen molar-refractivity contribution in [2.75, 3.05) is 7.11 Å². The number of aryl methyl sites for hydroxylation is 1. The molecule has 0 aliphatic rings. The minimum atomic E-state index is -3.71. The van der Waals surface area contributed by atoms with E-state index in [1.807, 2.05) is 19.1 Å². The van der Waals surface area contributed by atoms with Gasteiger partial charge in [-0.2, -0.15) is 4.72 Å². The minimum absolute atomic E-state index is 0.211. The molecule has 1 unspecified atom stereocenters. The highest BCUT2D eigenvalue weighted by molar-refractivity contribution is 7.89. The molecule has 0 amide bonds. The molecule has 0 aliphatic carbocycles. The maximum absolute atomic E-state index is 12.8. The Morgan fingerprint density at radius 2 is 1.68 bits per heavy atom. The van der Waals surface area contributed by atoms with E-state index in [0.717, 1.165) is 11.1 Å². The quantitative estimate of drug-likeness (QED) is 0.731. The van der Waals surface area contributed by atoms with Crippen molar-refractivity contribution in [2.45, 2.75) is 17.9 Å². The summed E-state index contributed by atoms with van der Waals surface area (Å²) in [5.74, 6) is 1.21. The van der Waals surface area contributed by atoms with E-state index >= 15 is 0 Å². The van der Waals surface area contributed by atoms with Crippen LogP contribution in [0.5, 0.6) is 5.75 Å². The zero-order valence-corrected chi connectivity index (χ0v) is 14.8. The van der Waals surface area contributed by atoms with E-state index in [-0.39, 0.29) is 4.90 Å².